The SMILES string of the molecule is C=CC1=C(OC)C(=O)CC1=O. The molecular weight excluding hydrogens is 144 g/mol. The molecule has 1 rings (SSSR count). The summed E-state index contributed by atoms with van der Waals surface area (Å²) in [4.78, 5) is 21.9. The fourth-order valence-electron chi connectivity index (χ4n) is 1.03. The standard InChI is InChI=1S/C8H8O3/c1-3-5-6(9)4-7(10)8(5)11-2/h3H,1,4H2,2H3. The van der Waals surface area contributed by atoms with Gasteiger partial charge in [-0.05, 0) is 0 Å². The van der Waals surface area contributed by atoms with Gasteiger partial charge in [0.2, 0.25) is 5.78 Å². The third-order valence-corrected chi connectivity index (χ3v) is 1.53. The van der Waals surface area contributed by atoms with Crippen molar-refractivity contribution in [1.82, 2.24) is 0 Å². The van der Waals surface area contributed by atoms with E-state index < -0.39 is 0 Å². The van der Waals surface area contributed by atoms with Crippen LogP contribution in [0.1, 0.15) is 6.42 Å². The van der Waals surface area contributed by atoms with Crippen LogP contribution in [0.4, 0.5) is 0 Å². The average molecular weight is 152 g/mol. The van der Waals surface area contributed by atoms with E-state index in [4.69, 9.17) is 4.74 Å². The molecule has 0 unspecified atom stereocenters. The molecule has 11 heavy (non-hydrogen) atoms. The zero-order chi connectivity index (χ0) is 8.43. The minimum absolute atomic E-state index is 0.0788. The summed E-state index contributed by atoms with van der Waals surface area (Å²) in [5, 5.41) is 0. The van der Waals surface area contributed by atoms with Crippen molar-refractivity contribution in [3.63, 3.8) is 0 Å². The molecular formula is C8H8O3. The lowest BCUT2D eigenvalue weighted by atomic mass is 10.2. The van der Waals surface area contributed by atoms with Crippen LogP contribution in [0.2, 0.25) is 0 Å². The van der Waals surface area contributed by atoms with Crippen LogP contribution in [-0.2, 0) is 14.3 Å². The number of carbonyl (C=O) groups excluding carboxylic acids is 2. The minimum Gasteiger partial charge on any atom is -0.492 e. The number of rotatable bonds is 2. The lowest BCUT2D eigenvalue weighted by Crippen LogP contribution is -1.98. The summed E-state index contributed by atoms with van der Waals surface area (Å²) >= 11 is 0. The van der Waals surface area contributed by atoms with Crippen molar-refractivity contribution in [3.05, 3.63) is 24.0 Å². The van der Waals surface area contributed by atoms with Gasteiger partial charge in [-0.1, -0.05) is 12.7 Å². The molecule has 0 fully saturated rings. The predicted molar refractivity (Wildman–Crippen MR) is 38.9 cm³/mol. The summed E-state index contributed by atoms with van der Waals surface area (Å²) in [5.74, 6) is -0.320. The number of ketones is 2. The van der Waals surface area contributed by atoms with Crippen molar-refractivity contribution >= 4 is 11.6 Å². The zero-order valence-electron chi connectivity index (χ0n) is 6.22. The van der Waals surface area contributed by atoms with E-state index in [1.165, 1.54) is 13.2 Å². The topological polar surface area (TPSA) is 43.4 Å². The molecule has 0 amide bonds. The van der Waals surface area contributed by atoms with E-state index in [9.17, 15) is 9.59 Å². The van der Waals surface area contributed by atoms with Crippen molar-refractivity contribution in [2.24, 2.45) is 0 Å². The van der Waals surface area contributed by atoms with E-state index in [0.717, 1.165) is 0 Å². The Kier molecular flexibility index (Phi) is 1.89. The van der Waals surface area contributed by atoms with Gasteiger partial charge in [-0.3, -0.25) is 9.59 Å². The summed E-state index contributed by atoms with van der Waals surface area (Å²) in [5.41, 5.74) is 0.303. The van der Waals surface area contributed by atoms with E-state index in [2.05, 4.69) is 6.58 Å². The molecule has 0 N–H and O–H groups in total. The first-order valence-electron chi connectivity index (χ1n) is 3.17. The molecule has 1 aliphatic rings. The van der Waals surface area contributed by atoms with E-state index in [0.29, 0.717) is 5.57 Å². The van der Waals surface area contributed by atoms with Gasteiger partial charge < -0.3 is 4.74 Å². The van der Waals surface area contributed by atoms with Crippen LogP contribution >= 0.6 is 0 Å². The molecule has 0 bridgehead atoms. The van der Waals surface area contributed by atoms with Crippen LogP contribution in [0.15, 0.2) is 24.0 Å². The molecule has 58 valence electrons. The highest BCUT2D eigenvalue weighted by Gasteiger charge is 2.29. The smallest absolute Gasteiger partial charge is 0.205 e. The van der Waals surface area contributed by atoms with Crippen LogP contribution in [0, 0.1) is 0 Å². The van der Waals surface area contributed by atoms with Gasteiger partial charge in [0.25, 0.3) is 0 Å². The molecule has 0 heterocycles. The second kappa shape index (κ2) is 2.70. The number of allylic oxidation sites excluding steroid dienone is 3. The van der Waals surface area contributed by atoms with Gasteiger partial charge in [0, 0.05) is 0 Å². The first-order chi connectivity index (χ1) is 5.20. The lowest BCUT2D eigenvalue weighted by molar-refractivity contribution is -0.122. The van der Waals surface area contributed by atoms with Crippen LogP contribution < -0.4 is 0 Å². The normalized spacial score (nSPS) is 17.5. The molecule has 0 spiro atoms. The summed E-state index contributed by atoms with van der Waals surface area (Å²) in [6, 6.07) is 0. The summed E-state index contributed by atoms with van der Waals surface area (Å²) in [6.07, 6.45) is 1.27. The minimum atomic E-state index is -0.257. The number of Topliss-reactive ketones (excluding diaryl/α,β-unsaturated/α-hetero) is 2. The number of methoxy groups -OCH3 is 1. The van der Waals surface area contributed by atoms with Crippen molar-refractivity contribution in [2.75, 3.05) is 7.11 Å². The number of hydrogen-bond donors (Lipinski definition) is 0. The third-order valence-electron chi connectivity index (χ3n) is 1.53. The van der Waals surface area contributed by atoms with Gasteiger partial charge >= 0.3 is 0 Å². The Hall–Kier alpha value is -1.38. The highest BCUT2D eigenvalue weighted by Crippen LogP contribution is 2.20. The Morgan fingerprint density at radius 2 is 2.09 bits per heavy atom. The molecule has 0 aliphatic heterocycles. The number of carbonyl (C=O) groups is 2. The molecule has 0 saturated heterocycles. The predicted octanol–water partition coefficient (Wildman–Crippen LogP) is 0.615. The molecule has 0 aromatic carbocycles. The average Bonchev–Trinajstić information content (AvgIpc) is 2.24. The van der Waals surface area contributed by atoms with Crippen molar-refractivity contribution in [1.29, 1.82) is 0 Å². The fourth-order valence-corrected chi connectivity index (χ4v) is 1.03. The molecule has 0 saturated carbocycles. The molecule has 3 nitrogen and oxygen atoms in total. The Balaban J connectivity index is 3.11. The van der Waals surface area contributed by atoms with Gasteiger partial charge in [-0.25, -0.2) is 0 Å². The van der Waals surface area contributed by atoms with Crippen molar-refractivity contribution in [3.8, 4) is 0 Å². The summed E-state index contributed by atoms with van der Waals surface area (Å²) in [7, 11) is 1.37. The molecule has 0 aromatic heterocycles. The molecule has 0 atom stereocenters. The maximum absolute atomic E-state index is 11.0. The van der Waals surface area contributed by atoms with Crippen molar-refractivity contribution in [2.45, 2.75) is 6.42 Å². The summed E-state index contributed by atoms with van der Waals surface area (Å²) in [6.45, 7) is 3.41. The molecule has 0 aromatic rings. The molecule has 1 aliphatic carbocycles. The molecule has 0 radical (unpaired) electrons. The summed E-state index contributed by atoms with van der Waals surface area (Å²) < 4.78 is 4.74. The van der Waals surface area contributed by atoms with Crippen LogP contribution in [0.25, 0.3) is 0 Å². The fraction of sp³-hybridized carbons (Fsp3) is 0.250. The van der Waals surface area contributed by atoms with E-state index in [1.807, 2.05) is 0 Å². The number of ether oxygens (including phenoxy) is 1. The molecule has 3 heteroatoms. The van der Waals surface area contributed by atoms with Crippen LogP contribution in [0.5, 0.6) is 0 Å². The first kappa shape index (κ1) is 7.72. The van der Waals surface area contributed by atoms with Gasteiger partial charge in [-0.2, -0.15) is 0 Å². The maximum atomic E-state index is 11.0. The van der Waals surface area contributed by atoms with Crippen LogP contribution in [0.3, 0.4) is 0 Å². The van der Waals surface area contributed by atoms with E-state index in [1.54, 1.807) is 0 Å². The largest absolute Gasteiger partial charge is 0.492 e. The lowest BCUT2D eigenvalue weighted by Gasteiger charge is -1.96. The van der Waals surface area contributed by atoms with Gasteiger partial charge in [0.1, 0.15) is 0 Å². The highest BCUT2D eigenvalue weighted by molar-refractivity contribution is 6.22. The van der Waals surface area contributed by atoms with Gasteiger partial charge in [0.15, 0.2) is 11.5 Å². The highest BCUT2D eigenvalue weighted by atomic mass is 16.5. The Bertz CT molecular complexity index is 261. The number of hydrogen-bond acceptors (Lipinski definition) is 3. The van der Waals surface area contributed by atoms with Gasteiger partial charge in [-0.15, -0.1) is 0 Å². The van der Waals surface area contributed by atoms with Gasteiger partial charge in [0.05, 0.1) is 19.1 Å². The quantitative estimate of drug-likeness (QED) is 0.544. The zero-order valence-corrected chi connectivity index (χ0v) is 6.22. The van der Waals surface area contributed by atoms with E-state index in [-0.39, 0.29) is 23.7 Å². The van der Waals surface area contributed by atoms with E-state index >= 15 is 0 Å². The Labute approximate surface area is 64.3 Å². The monoisotopic (exact) mass is 152 g/mol. The Morgan fingerprint density at radius 3 is 2.45 bits per heavy atom. The maximum Gasteiger partial charge on any atom is 0.205 e. The second-order valence-electron chi connectivity index (χ2n) is 2.17. The third kappa shape index (κ3) is 1.09. The second-order valence-corrected chi connectivity index (χ2v) is 2.17. The van der Waals surface area contributed by atoms with Crippen LogP contribution in [-0.4, -0.2) is 18.7 Å². The van der Waals surface area contributed by atoms with Crippen molar-refractivity contribution < 1.29 is 14.3 Å². The first-order valence-corrected chi connectivity index (χ1v) is 3.17. The Morgan fingerprint density at radius 1 is 1.45 bits per heavy atom.